The van der Waals surface area contributed by atoms with Gasteiger partial charge in [-0.15, -0.1) is 12.4 Å². The molecule has 5 nitrogen and oxygen atoms in total. The number of carbonyl (C=O) groups excluding carboxylic acids is 1. The van der Waals surface area contributed by atoms with Crippen LogP contribution in [0.3, 0.4) is 0 Å². The van der Waals surface area contributed by atoms with Gasteiger partial charge in [0.25, 0.3) is 5.91 Å². The van der Waals surface area contributed by atoms with Crippen LogP contribution in [0.25, 0.3) is 11.3 Å². The van der Waals surface area contributed by atoms with Crippen molar-refractivity contribution in [3.63, 3.8) is 0 Å². The van der Waals surface area contributed by atoms with Gasteiger partial charge >= 0.3 is 0 Å². The highest BCUT2D eigenvalue weighted by molar-refractivity contribution is 6.33. The highest BCUT2D eigenvalue weighted by atomic mass is 35.5. The second kappa shape index (κ2) is 8.01. The summed E-state index contributed by atoms with van der Waals surface area (Å²) in [6.45, 7) is 5.15. The van der Waals surface area contributed by atoms with E-state index < -0.39 is 0 Å². The van der Waals surface area contributed by atoms with Gasteiger partial charge in [-0.1, -0.05) is 43.6 Å². The van der Waals surface area contributed by atoms with Gasteiger partial charge in [0, 0.05) is 32.4 Å². The summed E-state index contributed by atoms with van der Waals surface area (Å²) in [5.74, 6) is -0.0884. The van der Waals surface area contributed by atoms with Crippen LogP contribution >= 0.6 is 24.0 Å². The lowest BCUT2D eigenvalue weighted by atomic mass is 9.93. The van der Waals surface area contributed by atoms with E-state index in [4.69, 9.17) is 17.3 Å². The molecule has 24 heavy (non-hydrogen) atoms. The van der Waals surface area contributed by atoms with Crippen LogP contribution in [-0.2, 0) is 7.05 Å². The zero-order valence-corrected chi connectivity index (χ0v) is 16.0. The number of nitrogens with zero attached hydrogens (tertiary/aromatic N) is 3. The number of carbonyl (C=O) groups is 1. The number of aryl methyl sites for hydroxylation is 1. The minimum absolute atomic E-state index is 0. The van der Waals surface area contributed by atoms with Gasteiger partial charge in [0.2, 0.25) is 0 Å². The van der Waals surface area contributed by atoms with Gasteiger partial charge in [-0.05, 0) is 18.0 Å². The quantitative estimate of drug-likeness (QED) is 0.878. The lowest BCUT2D eigenvalue weighted by molar-refractivity contribution is 0.0741. The van der Waals surface area contributed by atoms with Crippen molar-refractivity contribution in [2.45, 2.75) is 13.8 Å². The predicted molar refractivity (Wildman–Crippen MR) is 101 cm³/mol. The van der Waals surface area contributed by atoms with Crippen molar-refractivity contribution in [2.75, 3.05) is 20.1 Å². The molecule has 0 aliphatic heterocycles. The molecule has 0 bridgehead atoms. The molecular weight excluding hydrogens is 347 g/mol. The van der Waals surface area contributed by atoms with Gasteiger partial charge < -0.3 is 10.6 Å². The molecule has 132 valence electrons. The standard InChI is InChI=1S/C17H23ClN4O.ClH/c1-17(2,10-19)11-21(3)16(23)13-9-22(4)20-15(13)12-7-5-6-8-14(12)18;/h5-9H,10-11,19H2,1-4H3;1H. The lowest BCUT2D eigenvalue weighted by Gasteiger charge is -2.29. The van der Waals surface area contributed by atoms with Gasteiger partial charge in [0.1, 0.15) is 5.69 Å². The zero-order chi connectivity index (χ0) is 17.2. The van der Waals surface area contributed by atoms with Crippen LogP contribution in [0.15, 0.2) is 30.5 Å². The highest BCUT2D eigenvalue weighted by Crippen LogP contribution is 2.29. The SMILES string of the molecule is CN(CC(C)(C)CN)C(=O)c1cn(C)nc1-c1ccccc1Cl.Cl. The molecule has 0 aliphatic rings. The summed E-state index contributed by atoms with van der Waals surface area (Å²) in [7, 11) is 3.57. The molecule has 2 N–H and O–H groups in total. The summed E-state index contributed by atoms with van der Waals surface area (Å²) in [5, 5.41) is 5.00. The van der Waals surface area contributed by atoms with Crippen LogP contribution in [0.5, 0.6) is 0 Å². The average Bonchev–Trinajstić information content (AvgIpc) is 2.88. The van der Waals surface area contributed by atoms with Crippen molar-refractivity contribution in [1.82, 2.24) is 14.7 Å². The molecule has 0 saturated heterocycles. The Hall–Kier alpha value is -1.56. The third-order valence-electron chi connectivity index (χ3n) is 3.75. The number of rotatable bonds is 5. The van der Waals surface area contributed by atoms with E-state index in [-0.39, 0.29) is 23.7 Å². The van der Waals surface area contributed by atoms with E-state index in [9.17, 15) is 4.79 Å². The number of nitrogens with two attached hydrogens (primary N) is 1. The fraction of sp³-hybridized carbons (Fsp3) is 0.412. The van der Waals surface area contributed by atoms with Crippen LogP contribution in [0.1, 0.15) is 24.2 Å². The van der Waals surface area contributed by atoms with Crippen LogP contribution in [0, 0.1) is 5.41 Å². The normalized spacial score (nSPS) is 11.1. The van der Waals surface area contributed by atoms with Crippen LogP contribution < -0.4 is 5.73 Å². The van der Waals surface area contributed by atoms with E-state index >= 15 is 0 Å². The van der Waals surface area contributed by atoms with E-state index in [0.29, 0.717) is 29.4 Å². The molecule has 2 aromatic rings. The number of hydrogen-bond acceptors (Lipinski definition) is 3. The molecule has 1 aromatic carbocycles. The molecule has 2 rings (SSSR count). The minimum Gasteiger partial charge on any atom is -0.341 e. The molecule has 1 aromatic heterocycles. The number of amides is 1. The Morgan fingerprint density at radius 2 is 2.00 bits per heavy atom. The first-order chi connectivity index (χ1) is 10.7. The topological polar surface area (TPSA) is 64.2 Å². The van der Waals surface area contributed by atoms with Gasteiger partial charge in [-0.25, -0.2) is 0 Å². The Morgan fingerprint density at radius 3 is 2.58 bits per heavy atom. The summed E-state index contributed by atoms with van der Waals surface area (Å²) in [6, 6.07) is 7.39. The maximum Gasteiger partial charge on any atom is 0.257 e. The summed E-state index contributed by atoms with van der Waals surface area (Å²) in [6.07, 6.45) is 1.73. The zero-order valence-electron chi connectivity index (χ0n) is 14.4. The van der Waals surface area contributed by atoms with E-state index in [1.54, 1.807) is 35.9 Å². The fourth-order valence-electron chi connectivity index (χ4n) is 2.48. The molecule has 0 spiro atoms. The number of halogens is 2. The Labute approximate surface area is 154 Å². The second-order valence-corrected chi connectivity index (χ2v) is 6.98. The Bertz CT molecular complexity index is 712. The van der Waals surface area contributed by atoms with E-state index in [1.165, 1.54) is 0 Å². The number of hydrogen-bond donors (Lipinski definition) is 1. The molecule has 0 fully saturated rings. The predicted octanol–water partition coefficient (Wildman–Crippen LogP) is 3.22. The number of aromatic nitrogens is 2. The van der Waals surface area contributed by atoms with Gasteiger partial charge in [0.15, 0.2) is 0 Å². The summed E-state index contributed by atoms with van der Waals surface area (Å²) < 4.78 is 1.63. The first-order valence-electron chi connectivity index (χ1n) is 7.49. The van der Waals surface area contributed by atoms with E-state index in [2.05, 4.69) is 5.10 Å². The maximum absolute atomic E-state index is 12.8. The maximum atomic E-state index is 12.8. The smallest absolute Gasteiger partial charge is 0.257 e. The van der Waals surface area contributed by atoms with Crippen LogP contribution in [0.2, 0.25) is 5.02 Å². The molecule has 1 amide bonds. The summed E-state index contributed by atoms with van der Waals surface area (Å²) >= 11 is 6.26. The lowest BCUT2D eigenvalue weighted by Crippen LogP contribution is -2.39. The highest BCUT2D eigenvalue weighted by Gasteiger charge is 2.25. The van der Waals surface area contributed by atoms with Crippen molar-refractivity contribution in [1.29, 1.82) is 0 Å². The number of benzene rings is 1. The molecule has 0 radical (unpaired) electrons. The minimum atomic E-state index is -0.142. The van der Waals surface area contributed by atoms with Crippen molar-refractivity contribution < 1.29 is 4.79 Å². The van der Waals surface area contributed by atoms with Crippen LogP contribution in [-0.4, -0.2) is 40.7 Å². The molecule has 0 saturated carbocycles. The van der Waals surface area contributed by atoms with Gasteiger partial charge in [-0.2, -0.15) is 5.10 Å². The van der Waals surface area contributed by atoms with Crippen molar-refractivity contribution in [3.05, 3.63) is 41.0 Å². The third kappa shape index (κ3) is 4.50. The molecule has 0 atom stereocenters. The monoisotopic (exact) mass is 370 g/mol. The van der Waals surface area contributed by atoms with Crippen molar-refractivity contribution in [2.24, 2.45) is 18.2 Å². The first kappa shape index (κ1) is 20.5. The Kier molecular flexibility index (Phi) is 6.84. The van der Waals surface area contributed by atoms with E-state index in [0.717, 1.165) is 5.56 Å². The van der Waals surface area contributed by atoms with Crippen molar-refractivity contribution in [3.8, 4) is 11.3 Å². The molecule has 7 heteroatoms. The van der Waals surface area contributed by atoms with Crippen LogP contribution in [0.4, 0.5) is 0 Å². The molecule has 1 heterocycles. The average molecular weight is 371 g/mol. The molecule has 0 unspecified atom stereocenters. The summed E-state index contributed by atoms with van der Waals surface area (Å²) in [4.78, 5) is 14.5. The van der Waals surface area contributed by atoms with Crippen molar-refractivity contribution >= 4 is 29.9 Å². The Morgan fingerprint density at radius 1 is 1.38 bits per heavy atom. The van der Waals surface area contributed by atoms with E-state index in [1.807, 2.05) is 32.0 Å². The van der Waals surface area contributed by atoms with Gasteiger partial charge in [-0.3, -0.25) is 9.48 Å². The Balaban J connectivity index is 0.00000288. The van der Waals surface area contributed by atoms with Gasteiger partial charge in [0.05, 0.1) is 10.6 Å². The summed E-state index contributed by atoms with van der Waals surface area (Å²) in [5.41, 5.74) is 7.51. The third-order valence-corrected chi connectivity index (χ3v) is 4.08. The first-order valence-corrected chi connectivity index (χ1v) is 7.87. The molecule has 0 aliphatic carbocycles. The largest absolute Gasteiger partial charge is 0.341 e. The fourth-order valence-corrected chi connectivity index (χ4v) is 2.71. The molecular formula is C17H24Cl2N4O. The second-order valence-electron chi connectivity index (χ2n) is 6.57.